The molecule has 1 saturated carbocycles. The quantitative estimate of drug-likeness (QED) is 0.782. The van der Waals surface area contributed by atoms with Crippen LogP contribution in [0.15, 0.2) is 18.3 Å². The summed E-state index contributed by atoms with van der Waals surface area (Å²) in [6, 6.07) is 4.12. The lowest BCUT2D eigenvalue weighted by molar-refractivity contribution is 0.0292. The molecule has 1 N–H and O–H groups in total. The summed E-state index contributed by atoms with van der Waals surface area (Å²) in [5.74, 6) is 0. The smallest absolute Gasteiger partial charge is 0.0892 e. The van der Waals surface area contributed by atoms with Crippen molar-refractivity contribution in [1.29, 1.82) is 0 Å². The van der Waals surface area contributed by atoms with Crippen molar-refractivity contribution in [2.45, 2.75) is 64.6 Å². The van der Waals surface area contributed by atoms with Crippen molar-refractivity contribution in [3.05, 3.63) is 24.0 Å². The number of pyridine rings is 1. The molecule has 1 aliphatic carbocycles. The van der Waals surface area contributed by atoms with E-state index in [1.165, 1.54) is 38.5 Å². The number of hydrogen-bond acceptors (Lipinski definition) is 3. The van der Waals surface area contributed by atoms with Gasteiger partial charge in [0.15, 0.2) is 0 Å². The number of nitrogens with one attached hydrogen (secondary N) is 1. The van der Waals surface area contributed by atoms with Gasteiger partial charge in [0.05, 0.1) is 18.4 Å². The standard InChI is InChI=1S/C16H26N2O/c1-2-10-17-14-9-11-18-15(12-14)13-19-16-7-5-3-4-6-8-16/h9,11-12,16H,2-8,10,13H2,1H3,(H,17,18). The lowest BCUT2D eigenvalue weighted by Crippen LogP contribution is -2.12. The predicted octanol–water partition coefficient (Wildman–Crippen LogP) is 4.14. The maximum atomic E-state index is 6.02. The molecule has 0 atom stereocenters. The molecule has 1 heterocycles. The van der Waals surface area contributed by atoms with Gasteiger partial charge < -0.3 is 10.1 Å². The summed E-state index contributed by atoms with van der Waals surface area (Å²) in [6.07, 6.45) is 11.2. The molecule has 0 saturated heterocycles. The van der Waals surface area contributed by atoms with E-state index < -0.39 is 0 Å². The van der Waals surface area contributed by atoms with Crippen LogP contribution < -0.4 is 5.32 Å². The molecule has 19 heavy (non-hydrogen) atoms. The third kappa shape index (κ3) is 5.19. The minimum absolute atomic E-state index is 0.441. The Hall–Kier alpha value is -1.09. The molecule has 2 rings (SSSR count). The van der Waals surface area contributed by atoms with E-state index >= 15 is 0 Å². The second kappa shape index (κ2) is 8.16. The molecule has 0 unspecified atom stereocenters. The van der Waals surface area contributed by atoms with Gasteiger partial charge in [-0.25, -0.2) is 0 Å². The summed E-state index contributed by atoms with van der Waals surface area (Å²) in [5.41, 5.74) is 2.18. The zero-order valence-electron chi connectivity index (χ0n) is 12.0. The Balaban J connectivity index is 1.81. The zero-order chi connectivity index (χ0) is 13.3. The first-order valence-electron chi connectivity index (χ1n) is 7.69. The van der Waals surface area contributed by atoms with E-state index in [9.17, 15) is 0 Å². The largest absolute Gasteiger partial charge is 0.385 e. The molecule has 0 amide bonds. The van der Waals surface area contributed by atoms with Crippen LogP contribution in [0.1, 0.15) is 57.6 Å². The average Bonchev–Trinajstić information content (AvgIpc) is 2.72. The molecular formula is C16H26N2O. The molecular weight excluding hydrogens is 236 g/mol. The van der Waals surface area contributed by atoms with E-state index in [1.807, 2.05) is 12.3 Å². The van der Waals surface area contributed by atoms with E-state index in [4.69, 9.17) is 4.74 Å². The Morgan fingerprint density at radius 3 is 2.79 bits per heavy atom. The van der Waals surface area contributed by atoms with Gasteiger partial charge in [0, 0.05) is 18.4 Å². The Morgan fingerprint density at radius 2 is 2.05 bits per heavy atom. The van der Waals surface area contributed by atoms with Gasteiger partial charge in [-0.15, -0.1) is 0 Å². The highest BCUT2D eigenvalue weighted by atomic mass is 16.5. The summed E-state index contributed by atoms with van der Waals surface area (Å²) < 4.78 is 6.02. The molecule has 0 radical (unpaired) electrons. The topological polar surface area (TPSA) is 34.2 Å². The SMILES string of the molecule is CCCNc1ccnc(COC2CCCCCC2)c1. The van der Waals surface area contributed by atoms with Crippen molar-refractivity contribution in [3.63, 3.8) is 0 Å². The van der Waals surface area contributed by atoms with Crippen molar-refractivity contribution < 1.29 is 4.74 Å². The van der Waals surface area contributed by atoms with E-state index in [-0.39, 0.29) is 0 Å². The monoisotopic (exact) mass is 262 g/mol. The van der Waals surface area contributed by atoms with Gasteiger partial charge in [-0.2, -0.15) is 0 Å². The Bertz CT molecular complexity index is 360. The van der Waals surface area contributed by atoms with Crippen LogP contribution in [0.5, 0.6) is 0 Å². The van der Waals surface area contributed by atoms with Crippen molar-refractivity contribution in [2.75, 3.05) is 11.9 Å². The van der Waals surface area contributed by atoms with Gasteiger partial charge >= 0.3 is 0 Å². The molecule has 1 fully saturated rings. The minimum Gasteiger partial charge on any atom is -0.385 e. The second-order valence-corrected chi connectivity index (χ2v) is 5.39. The van der Waals surface area contributed by atoms with Crippen LogP contribution in [0.25, 0.3) is 0 Å². The number of aromatic nitrogens is 1. The van der Waals surface area contributed by atoms with Gasteiger partial charge in [-0.05, 0) is 31.4 Å². The first-order valence-corrected chi connectivity index (χ1v) is 7.69. The van der Waals surface area contributed by atoms with Gasteiger partial charge in [0.1, 0.15) is 0 Å². The first-order chi connectivity index (χ1) is 9.38. The highest BCUT2D eigenvalue weighted by Gasteiger charge is 2.12. The maximum absolute atomic E-state index is 6.02. The van der Waals surface area contributed by atoms with Crippen LogP contribution >= 0.6 is 0 Å². The highest BCUT2D eigenvalue weighted by Crippen LogP contribution is 2.21. The zero-order valence-corrected chi connectivity index (χ0v) is 12.0. The van der Waals surface area contributed by atoms with Crippen molar-refractivity contribution in [1.82, 2.24) is 4.98 Å². The summed E-state index contributed by atoms with van der Waals surface area (Å²) in [5, 5.41) is 3.39. The molecule has 0 bridgehead atoms. The second-order valence-electron chi connectivity index (χ2n) is 5.39. The average molecular weight is 262 g/mol. The summed E-state index contributed by atoms with van der Waals surface area (Å²) >= 11 is 0. The summed E-state index contributed by atoms with van der Waals surface area (Å²) in [7, 11) is 0. The molecule has 1 aromatic rings. The molecule has 3 nitrogen and oxygen atoms in total. The Kier molecular flexibility index (Phi) is 6.15. The molecule has 3 heteroatoms. The van der Waals surface area contributed by atoms with E-state index in [2.05, 4.69) is 23.3 Å². The van der Waals surface area contributed by atoms with Crippen LogP contribution in [0.3, 0.4) is 0 Å². The molecule has 106 valence electrons. The van der Waals surface area contributed by atoms with E-state index in [0.717, 1.165) is 24.3 Å². The third-order valence-corrected chi connectivity index (χ3v) is 3.66. The lowest BCUT2D eigenvalue weighted by Gasteiger charge is -2.15. The fraction of sp³-hybridized carbons (Fsp3) is 0.688. The fourth-order valence-corrected chi connectivity index (χ4v) is 2.55. The van der Waals surface area contributed by atoms with Crippen molar-refractivity contribution >= 4 is 5.69 Å². The molecule has 0 aliphatic heterocycles. The Morgan fingerprint density at radius 1 is 1.26 bits per heavy atom. The highest BCUT2D eigenvalue weighted by molar-refractivity contribution is 5.42. The van der Waals surface area contributed by atoms with Crippen LogP contribution in [0.2, 0.25) is 0 Å². The maximum Gasteiger partial charge on any atom is 0.0892 e. The summed E-state index contributed by atoms with van der Waals surface area (Å²) in [4.78, 5) is 4.39. The lowest BCUT2D eigenvalue weighted by atomic mass is 10.1. The van der Waals surface area contributed by atoms with Crippen LogP contribution in [0.4, 0.5) is 5.69 Å². The van der Waals surface area contributed by atoms with Gasteiger partial charge in [0.25, 0.3) is 0 Å². The normalized spacial score (nSPS) is 17.1. The molecule has 1 aromatic heterocycles. The van der Waals surface area contributed by atoms with Crippen molar-refractivity contribution in [3.8, 4) is 0 Å². The van der Waals surface area contributed by atoms with Gasteiger partial charge in [-0.3, -0.25) is 4.98 Å². The summed E-state index contributed by atoms with van der Waals surface area (Å²) in [6.45, 7) is 3.82. The number of nitrogens with zero attached hydrogens (tertiary/aromatic N) is 1. The van der Waals surface area contributed by atoms with Crippen LogP contribution in [0, 0.1) is 0 Å². The minimum atomic E-state index is 0.441. The van der Waals surface area contributed by atoms with Crippen LogP contribution in [-0.4, -0.2) is 17.6 Å². The van der Waals surface area contributed by atoms with Gasteiger partial charge in [0.2, 0.25) is 0 Å². The van der Waals surface area contributed by atoms with E-state index in [0.29, 0.717) is 12.7 Å². The predicted molar refractivity (Wildman–Crippen MR) is 79.3 cm³/mol. The van der Waals surface area contributed by atoms with Crippen molar-refractivity contribution in [2.24, 2.45) is 0 Å². The third-order valence-electron chi connectivity index (χ3n) is 3.66. The number of hydrogen-bond donors (Lipinski definition) is 1. The number of ether oxygens (including phenoxy) is 1. The first kappa shape index (κ1) is 14.3. The fourth-order valence-electron chi connectivity index (χ4n) is 2.55. The molecule has 0 spiro atoms. The Labute approximate surface area is 116 Å². The molecule has 0 aromatic carbocycles. The van der Waals surface area contributed by atoms with E-state index in [1.54, 1.807) is 0 Å². The molecule has 1 aliphatic rings. The van der Waals surface area contributed by atoms with Gasteiger partial charge in [-0.1, -0.05) is 32.6 Å². The number of anilines is 1. The number of rotatable bonds is 6. The van der Waals surface area contributed by atoms with Crippen LogP contribution in [-0.2, 0) is 11.3 Å².